The maximum atomic E-state index is 13.5. The molecule has 3 rings (SSSR count). The second-order valence-electron chi connectivity index (χ2n) is 6.98. The number of imidazole rings is 1. The van der Waals surface area contributed by atoms with Crippen LogP contribution in [0.2, 0.25) is 5.15 Å². The van der Waals surface area contributed by atoms with Crippen molar-refractivity contribution in [1.82, 2.24) is 14.3 Å². The highest BCUT2D eigenvalue weighted by Crippen LogP contribution is 2.40. The molecule has 2 aromatic heterocycles. The summed E-state index contributed by atoms with van der Waals surface area (Å²) in [6.07, 6.45) is -0.694. The van der Waals surface area contributed by atoms with Crippen molar-refractivity contribution in [3.8, 4) is 0 Å². The van der Waals surface area contributed by atoms with Crippen LogP contribution in [0.25, 0.3) is 16.1 Å². The van der Waals surface area contributed by atoms with Gasteiger partial charge in [-0.15, -0.1) is 11.8 Å². The van der Waals surface area contributed by atoms with Gasteiger partial charge in [-0.3, -0.25) is 4.34 Å². The summed E-state index contributed by atoms with van der Waals surface area (Å²) < 4.78 is 28.4. The Morgan fingerprint density at radius 2 is 1.94 bits per heavy atom. The van der Waals surface area contributed by atoms with E-state index < -0.39 is 6.43 Å². The molecular formula is C21H21ClF2IN4PS2. The fraction of sp³-hybridized carbons (Fsp3) is 0.238. The third kappa shape index (κ3) is 5.60. The lowest BCUT2D eigenvalue weighted by molar-refractivity contribution is 0.140. The van der Waals surface area contributed by atoms with E-state index in [4.69, 9.17) is 11.6 Å². The van der Waals surface area contributed by atoms with Crippen LogP contribution in [-0.4, -0.2) is 20.6 Å². The first-order chi connectivity index (χ1) is 15.2. The Morgan fingerprint density at radius 3 is 2.53 bits per heavy atom. The molecule has 0 bridgehead atoms. The van der Waals surface area contributed by atoms with Crippen molar-refractivity contribution in [3.05, 3.63) is 57.9 Å². The molecule has 1 aromatic carbocycles. The van der Waals surface area contributed by atoms with E-state index in [-0.39, 0.29) is 17.4 Å². The van der Waals surface area contributed by atoms with Gasteiger partial charge in [0, 0.05) is 15.9 Å². The van der Waals surface area contributed by atoms with E-state index in [1.54, 1.807) is 29.6 Å². The summed E-state index contributed by atoms with van der Waals surface area (Å²) in [5.74, 6) is -0.311. The third-order valence-corrected chi connectivity index (χ3v) is 8.89. The maximum absolute atomic E-state index is 13.5. The first kappa shape index (κ1) is 25.7. The first-order valence-corrected chi connectivity index (χ1v) is 15.8. The molecule has 0 spiro atoms. The van der Waals surface area contributed by atoms with Crippen LogP contribution >= 0.6 is 63.5 Å². The van der Waals surface area contributed by atoms with E-state index in [9.17, 15) is 8.78 Å². The van der Waals surface area contributed by atoms with Crippen LogP contribution in [0, 0.1) is 0 Å². The minimum atomic E-state index is -2.70. The number of alkyl halides is 2. The van der Waals surface area contributed by atoms with Gasteiger partial charge in [-0.2, -0.15) is 0 Å². The average molecular weight is 625 g/mol. The standard InChI is InChI=1S/C21H21ClF2IN4PS2/c1-10(2)11(3)32-12(4)13-6-7-14(16(8-13)31-5)26-15-9-17(22)27-20-18(15)28-21(19(23)24)29(20)30-25/h6-9,19,30H,4H2,1-3,5H3,(H,26,27). The number of hydrogen-bond donors (Lipinski definition) is 1. The SMILES string of the molecule is C=C(SC(C)=C(C)C)c1ccc(Nc2cc(Cl)nc3c2nc(C(F)F)n3PI)c(SC)c1. The zero-order chi connectivity index (χ0) is 23.6. The molecule has 32 heavy (non-hydrogen) atoms. The predicted molar refractivity (Wildman–Crippen MR) is 147 cm³/mol. The van der Waals surface area contributed by atoms with Crippen LogP contribution in [0.15, 0.2) is 46.2 Å². The van der Waals surface area contributed by atoms with Gasteiger partial charge in [0.1, 0.15) is 10.7 Å². The molecule has 0 fully saturated rings. The topological polar surface area (TPSA) is 42.7 Å². The highest BCUT2D eigenvalue weighted by atomic mass is 127. The molecule has 0 amide bonds. The summed E-state index contributed by atoms with van der Waals surface area (Å²) in [7, 11) is 0. The number of rotatable bonds is 8. The number of benzene rings is 1. The summed E-state index contributed by atoms with van der Waals surface area (Å²) >= 11 is 11.5. The largest absolute Gasteiger partial charge is 0.353 e. The number of nitrogens with one attached hydrogen (secondary N) is 1. The molecule has 11 heteroatoms. The number of halogens is 4. The quantitative estimate of drug-likeness (QED) is 0.117. The van der Waals surface area contributed by atoms with Crippen molar-refractivity contribution < 1.29 is 8.78 Å². The van der Waals surface area contributed by atoms with Gasteiger partial charge in [-0.1, -0.05) is 41.6 Å². The van der Waals surface area contributed by atoms with Gasteiger partial charge in [0.2, 0.25) is 0 Å². The Labute approximate surface area is 214 Å². The van der Waals surface area contributed by atoms with Gasteiger partial charge in [-0.05, 0) is 71.7 Å². The minimum Gasteiger partial charge on any atom is -0.353 e. The van der Waals surface area contributed by atoms with Gasteiger partial charge in [0.25, 0.3) is 6.43 Å². The Bertz CT molecular complexity index is 1210. The first-order valence-electron chi connectivity index (χ1n) is 9.36. The molecule has 4 nitrogen and oxygen atoms in total. The molecule has 0 saturated heterocycles. The number of thioether (sulfide) groups is 2. The van der Waals surface area contributed by atoms with Crippen molar-refractivity contribution >= 4 is 91.0 Å². The van der Waals surface area contributed by atoms with Gasteiger partial charge >= 0.3 is 0 Å². The van der Waals surface area contributed by atoms with Crippen LogP contribution in [-0.2, 0) is 0 Å². The molecule has 170 valence electrons. The highest BCUT2D eigenvalue weighted by Gasteiger charge is 2.22. The second-order valence-corrected chi connectivity index (χ2v) is 11.6. The second kappa shape index (κ2) is 11.0. The molecule has 1 N–H and O–H groups in total. The lowest BCUT2D eigenvalue weighted by Crippen LogP contribution is -1.96. The smallest absolute Gasteiger partial charge is 0.295 e. The molecule has 0 aliphatic carbocycles. The Hall–Kier alpha value is -0.870. The molecule has 0 saturated carbocycles. The predicted octanol–water partition coefficient (Wildman–Crippen LogP) is 9.30. The summed E-state index contributed by atoms with van der Waals surface area (Å²) in [6, 6.07) is 7.62. The fourth-order valence-corrected chi connectivity index (χ4v) is 6.31. The van der Waals surface area contributed by atoms with Crippen molar-refractivity contribution in [2.24, 2.45) is 0 Å². The van der Waals surface area contributed by atoms with Crippen molar-refractivity contribution in [2.75, 3.05) is 11.6 Å². The Morgan fingerprint density at radius 1 is 1.22 bits per heavy atom. The fourth-order valence-electron chi connectivity index (χ4n) is 2.82. The highest BCUT2D eigenvalue weighted by molar-refractivity contribution is 14.2. The summed E-state index contributed by atoms with van der Waals surface area (Å²) in [5, 5.41) is 3.53. The maximum Gasteiger partial charge on any atom is 0.295 e. The number of anilines is 2. The molecule has 3 aromatic rings. The third-order valence-electron chi connectivity index (χ3n) is 4.66. The van der Waals surface area contributed by atoms with Gasteiger partial charge in [0.05, 0.1) is 17.7 Å². The number of allylic oxidation sites excluding steroid dienone is 2. The monoisotopic (exact) mass is 624 g/mol. The van der Waals surface area contributed by atoms with Crippen molar-refractivity contribution in [3.63, 3.8) is 0 Å². The molecular weight excluding hydrogens is 604 g/mol. The van der Waals surface area contributed by atoms with Crippen LogP contribution in [0.5, 0.6) is 0 Å². The van der Waals surface area contributed by atoms with Crippen LogP contribution in [0.3, 0.4) is 0 Å². The van der Waals surface area contributed by atoms with Crippen LogP contribution in [0.1, 0.15) is 38.6 Å². The molecule has 0 aliphatic rings. The number of hydrogen-bond acceptors (Lipinski definition) is 5. The molecule has 1 atom stereocenters. The number of fused-ring (bicyclic) bond motifs is 1. The lowest BCUT2D eigenvalue weighted by atomic mass is 10.2. The van der Waals surface area contributed by atoms with E-state index in [0.717, 1.165) is 21.1 Å². The van der Waals surface area contributed by atoms with Crippen molar-refractivity contribution in [1.29, 1.82) is 0 Å². The van der Waals surface area contributed by atoms with E-state index in [1.807, 2.05) is 40.4 Å². The Kier molecular flexibility index (Phi) is 8.88. The van der Waals surface area contributed by atoms with Gasteiger partial charge < -0.3 is 5.32 Å². The van der Waals surface area contributed by atoms with E-state index in [2.05, 4.69) is 48.7 Å². The summed E-state index contributed by atoms with van der Waals surface area (Å²) in [6.45, 7) is 10.5. The normalized spacial score (nSPS) is 11.7. The number of aromatic nitrogens is 3. The summed E-state index contributed by atoms with van der Waals surface area (Å²) in [4.78, 5) is 11.6. The zero-order valence-electron chi connectivity index (χ0n) is 17.8. The number of nitrogens with zero attached hydrogens (tertiary/aromatic N) is 3. The van der Waals surface area contributed by atoms with Crippen LogP contribution in [0.4, 0.5) is 20.2 Å². The van der Waals surface area contributed by atoms with Crippen molar-refractivity contribution in [2.45, 2.75) is 32.1 Å². The molecule has 1 unspecified atom stereocenters. The molecule has 0 radical (unpaired) electrons. The van der Waals surface area contributed by atoms with E-state index in [1.165, 1.54) is 14.8 Å². The average Bonchev–Trinajstić information content (AvgIpc) is 3.12. The van der Waals surface area contributed by atoms with Gasteiger partial charge in [-0.25, -0.2) is 18.7 Å². The van der Waals surface area contributed by atoms with Gasteiger partial charge in [0.15, 0.2) is 11.5 Å². The molecule has 2 heterocycles. The Balaban J connectivity index is 2.02. The number of pyridine rings is 1. The van der Waals surface area contributed by atoms with E-state index >= 15 is 0 Å². The summed E-state index contributed by atoms with van der Waals surface area (Å²) in [5.41, 5.74) is 4.35. The zero-order valence-corrected chi connectivity index (χ0v) is 23.3. The molecule has 0 aliphatic heterocycles. The lowest BCUT2D eigenvalue weighted by Gasteiger charge is -2.14. The van der Waals surface area contributed by atoms with Crippen LogP contribution < -0.4 is 5.32 Å². The van der Waals surface area contributed by atoms with E-state index in [0.29, 0.717) is 16.9 Å². The minimum absolute atomic E-state index is 0.0246.